The first kappa shape index (κ1) is 17.9. The normalized spacial score (nSPS) is 25.0. The largest absolute Gasteiger partial charge is 0.496 e. The molecule has 3 rings (SSSR count). The van der Waals surface area contributed by atoms with E-state index < -0.39 is 17.7 Å². The van der Waals surface area contributed by atoms with Crippen LogP contribution in [0, 0.1) is 0 Å². The van der Waals surface area contributed by atoms with Crippen LogP contribution in [0.4, 0.5) is 0 Å². The molecule has 2 bridgehead atoms. The van der Waals surface area contributed by atoms with Gasteiger partial charge in [0.15, 0.2) is 0 Å². The van der Waals surface area contributed by atoms with Crippen LogP contribution in [0.5, 0.6) is 5.75 Å². The van der Waals surface area contributed by atoms with E-state index in [1.807, 2.05) is 24.3 Å². The standard InChI is InChI=1S/C12H15NO3.C4H4O4/c1-14-11-5-3-2-4-10(11)12-8-13-6-9(16-12)7-15-12;5-3(6)1-2-4(7)8/h2-5,9,13H,6-8H2,1H3;1-2H,(H,5,6)(H,7,8). The maximum absolute atomic E-state index is 9.55. The van der Waals surface area contributed by atoms with E-state index in [1.54, 1.807) is 7.11 Å². The summed E-state index contributed by atoms with van der Waals surface area (Å²) in [5.41, 5.74) is 0.965. The number of benzene rings is 1. The van der Waals surface area contributed by atoms with Crippen molar-refractivity contribution < 1.29 is 34.0 Å². The van der Waals surface area contributed by atoms with Gasteiger partial charge in [-0.15, -0.1) is 0 Å². The fourth-order valence-corrected chi connectivity index (χ4v) is 2.49. The predicted octanol–water partition coefficient (Wildman–Crippen LogP) is 0.578. The van der Waals surface area contributed by atoms with E-state index in [0.29, 0.717) is 25.3 Å². The number of carboxylic acids is 2. The third-order valence-corrected chi connectivity index (χ3v) is 3.47. The molecule has 0 aliphatic carbocycles. The van der Waals surface area contributed by atoms with Gasteiger partial charge in [-0.2, -0.15) is 0 Å². The minimum Gasteiger partial charge on any atom is -0.496 e. The average Bonchev–Trinajstić information content (AvgIpc) is 2.88. The van der Waals surface area contributed by atoms with Crippen molar-refractivity contribution in [3.8, 4) is 5.75 Å². The SMILES string of the molecule is COc1ccccc1C12CNCC(CO1)O2.O=C(O)C=CC(=O)O. The average molecular weight is 337 g/mol. The minimum atomic E-state index is -1.26. The quantitative estimate of drug-likeness (QED) is 0.684. The van der Waals surface area contributed by atoms with Gasteiger partial charge in [-0.1, -0.05) is 12.1 Å². The number of carboxylic acid groups (broad SMARTS) is 2. The van der Waals surface area contributed by atoms with Crippen molar-refractivity contribution in [2.24, 2.45) is 0 Å². The summed E-state index contributed by atoms with van der Waals surface area (Å²) in [5.74, 6) is -2.36. The summed E-state index contributed by atoms with van der Waals surface area (Å²) >= 11 is 0. The van der Waals surface area contributed by atoms with Gasteiger partial charge in [0.25, 0.3) is 0 Å². The second-order valence-corrected chi connectivity index (χ2v) is 5.14. The Morgan fingerprint density at radius 1 is 1.29 bits per heavy atom. The monoisotopic (exact) mass is 337 g/mol. The Balaban J connectivity index is 0.000000224. The van der Waals surface area contributed by atoms with Gasteiger partial charge in [0.2, 0.25) is 5.79 Å². The molecule has 130 valence electrons. The van der Waals surface area contributed by atoms with Gasteiger partial charge in [-0.05, 0) is 12.1 Å². The van der Waals surface area contributed by atoms with Crippen molar-refractivity contribution in [3.05, 3.63) is 42.0 Å². The Morgan fingerprint density at radius 2 is 1.96 bits per heavy atom. The number of para-hydroxylation sites is 1. The zero-order valence-electron chi connectivity index (χ0n) is 13.1. The van der Waals surface area contributed by atoms with E-state index in [2.05, 4.69) is 5.32 Å². The summed E-state index contributed by atoms with van der Waals surface area (Å²) < 4.78 is 17.1. The molecule has 0 saturated carbocycles. The molecule has 2 aliphatic heterocycles. The Hall–Kier alpha value is -2.42. The van der Waals surface area contributed by atoms with Crippen molar-refractivity contribution in [2.45, 2.75) is 11.9 Å². The lowest BCUT2D eigenvalue weighted by atomic mass is 10.0. The van der Waals surface area contributed by atoms with Crippen LogP contribution < -0.4 is 10.1 Å². The number of carbonyl (C=O) groups is 2. The van der Waals surface area contributed by atoms with Crippen molar-refractivity contribution in [2.75, 3.05) is 26.8 Å². The molecule has 2 saturated heterocycles. The molecule has 2 fully saturated rings. The van der Waals surface area contributed by atoms with Crippen LogP contribution in [0.15, 0.2) is 36.4 Å². The van der Waals surface area contributed by atoms with E-state index in [9.17, 15) is 9.59 Å². The Bertz CT molecular complexity index is 611. The van der Waals surface area contributed by atoms with Crippen molar-refractivity contribution in [3.63, 3.8) is 0 Å². The van der Waals surface area contributed by atoms with Crippen molar-refractivity contribution in [1.82, 2.24) is 5.32 Å². The van der Waals surface area contributed by atoms with Gasteiger partial charge >= 0.3 is 11.9 Å². The van der Waals surface area contributed by atoms with Crippen LogP contribution in [0.1, 0.15) is 5.56 Å². The Kier molecular flexibility index (Phi) is 5.91. The molecule has 2 aliphatic rings. The topological polar surface area (TPSA) is 114 Å². The molecule has 1 aromatic rings. The molecule has 2 atom stereocenters. The Labute approximate surface area is 138 Å². The third-order valence-electron chi connectivity index (χ3n) is 3.47. The molecule has 0 radical (unpaired) electrons. The lowest BCUT2D eigenvalue weighted by Gasteiger charge is -2.33. The number of morpholine rings is 1. The van der Waals surface area contributed by atoms with Gasteiger partial charge < -0.3 is 29.7 Å². The van der Waals surface area contributed by atoms with Crippen LogP contribution in [0.2, 0.25) is 0 Å². The number of hydrogen-bond donors (Lipinski definition) is 3. The number of methoxy groups -OCH3 is 1. The summed E-state index contributed by atoms with van der Waals surface area (Å²) in [6.45, 7) is 2.17. The molecule has 0 aromatic heterocycles. The molecule has 24 heavy (non-hydrogen) atoms. The minimum absolute atomic E-state index is 0.152. The summed E-state index contributed by atoms with van der Waals surface area (Å²) in [6, 6.07) is 7.84. The van der Waals surface area contributed by atoms with E-state index >= 15 is 0 Å². The highest BCUT2D eigenvalue weighted by molar-refractivity contribution is 5.89. The Morgan fingerprint density at radius 3 is 2.58 bits per heavy atom. The molecular formula is C16H19NO7. The third kappa shape index (κ3) is 4.31. The van der Waals surface area contributed by atoms with Gasteiger partial charge in [0, 0.05) is 18.7 Å². The second-order valence-electron chi connectivity index (χ2n) is 5.14. The molecule has 0 amide bonds. The fraction of sp³-hybridized carbons (Fsp3) is 0.375. The summed E-state index contributed by atoms with van der Waals surface area (Å²) in [6.07, 6.45) is 1.27. The predicted molar refractivity (Wildman–Crippen MR) is 82.8 cm³/mol. The molecule has 1 aromatic carbocycles. The summed E-state index contributed by atoms with van der Waals surface area (Å²) in [5, 5.41) is 19.0. The van der Waals surface area contributed by atoms with Gasteiger partial charge in [0.05, 0.1) is 31.9 Å². The van der Waals surface area contributed by atoms with Crippen LogP contribution in [-0.4, -0.2) is 55.1 Å². The molecule has 2 unspecified atom stereocenters. The van der Waals surface area contributed by atoms with E-state index in [4.69, 9.17) is 24.4 Å². The maximum Gasteiger partial charge on any atom is 0.328 e. The first-order valence-electron chi connectivity index (χ1n) is 7.27. The number of nitrogens with one attached hydrogen (secondary N) is 1. The molecular weight excluding hydrogens is 318 g/mol. The number of rotatable bonds is 4. The number of aliphatic carboxylic acids is 2. The summed E-state index contributed by atoms with van der Waals surface area (Å²) in [7, 11) is 1.66. The van der Waals surface area contributed by atoms with Gasteiger partial charge in [-0.3, -0.25) is 0 Å². The molecule has 8 nitrogen and oxygen atoms in total. The number of hydrogen-bond acceptors (Lipinski definition) is 6. The molecule has 3 N–H and O–H groups in total. The highest BCUT2D eigenvalue weighted by Crippen LogP contribution is 2.40. The maximum atomic E-state index is 9.55. The second kappa shape index (κ2) is 7.91. The highest BCUT2D eigenvalue weighted by atomic mass is 16.7. The van der Waals surface area contributed by atoms with E-state index in [1.165, 1.54) is 0 Å². The number of ether oxygens (including phenoxy) is 3. The van der Waals surface area contributed by atoms with Crippen LogP contribution >= 0.6 is 0 Å². The van der Waals surface area contributed by atoms with Crippen molar-refractivity contribution in [1.29, 1.82) is 0 Å². The van der Waals surface area contributed by atoms with Crippen LogP contribution in [0.25, 0.3) is 0 Å². The lowest BCUT2D eigenvalue weighted by Crippen LogP contribution is -2.46. The number of fused-ring (bicyclic) bond motifs is 2. The smallest absolute Gasteiger partial charge is 0.328 e. The zero-order valence-corrected chi connectivity index (χ0v) is 13.1. The van der Waals surface area contributed by atoms with Crippen molar-refractivity contribution >= 4 is 11.9 Å². The van der Waals surface area contributed by atoms with Gasteiger partial charge in [0.1, 0.15) is 5.75 Å². The molecule has 2 heterocycles. The first-order chi connectivity index (χ1) is 11.5. The van der Waals surface area contributed by atoms with Gasteiger partial charge in [-0.25, -0.2) is 9.59 Å². The zero-order chi connectivity index (χ0) is 17.6. The molecule has 0 spiro atoms. The molecule has 8 heteroatoms. The summed E-state index contributed by atoms with van der Waals surface area (Å²) in [4.78, 5) is 19.1. The van der Waals surface area contributed by atoms with E-state index in [0.717, 1.165) is 17.9 Å². The highest BCUT2D eigenvalue weighted by Gasteiger charge is 2.47. The van der Waals surface area contributed by atoms with Crippen LogP contribution in [-0.2, 0) is 24.8 Å². The lowest BCUT2D eigenvalue weighted by molar-refractivity contribution is -0.186. The first-order valence-corrected chi connectivity index (χ1v) is 7.27. The fourth-order valence-electron chi connectivity index (χ4n) is 2.49. The van der Waals surface area contributed by atoms with Crippen LogP contribution in [0.3, 0.4) is 0 Å². The van der Waals surface area contributed by atoms with E-state index in [-0.39, 0.29) is 6.10 Å².